The van der Waals surface area contributed by atoms with Gasteiger partial charge in [0.05, 0.1) is 38.6 Å². The Hall–Kier alpha value is -3.38. The second kappa shape index (κ2) is 8.28. The Labute approximate surface area is 191 Å². The first-order valence-corrected chi connectivity index (χ1v) is 10.7. The largest absolute Gasteiger partial charge is 0.493 e. The van der Waals surface area contributed by atoms with Crippen LogP contribution < -0.4 is 18.9 Å². The van der Waals surface area contributed by atoms with Crippen molar-refractivity contribution >= 4 is 17.3 Å². The average molecular weight is 451 g/mol. The smallest absolute Gasteiger partial charge is 0.217 e. The highest BCUT2D eigenvalue weighted by molar-refractivity contribution is 6.30. The Bertz CT molecular complexity index is 1180. The molecule has 0 aromatic heterocycles. The van der Waals surface area contributed by atoms with Crippen molar-refractivity contribution in [2.24, 2.45) is 5.10 Å². The number of methoxy groups -OCH3 is 3. The zero-order valence-electron chi connectivity index (χ0n) is 18.0. The molecule has 3 aromatic carbocycles. The number of para-hydroxylation sites is 1. The van der Waals surface area contributed by atoms with E-state index in [1.165, 1.54) is 0 Å². The summed E-state index contributed by atoms with van der Waals surface area (Å²) in [7, 11) is 4.81. The van der Waals surface area contributed by atoms with Crippen molar-refractivity contribution in [3.63, 3.8) is 0 Å². The van der Waals surface area contributed by atoms with Gasteiger partial charge in [-0.2, -0.15) is 5.10 Å². The van der Waals surface area contributed by atoms with E-state index in [4.69, 9.17) is 35.6 Å². The van der Waals surface area contributed by atoms with Crippen LogP contribution >= 0.6 is 11.6 Å². The molecule has 0 amide bonds. The fraction of sp³-hybridized carbons (Fsp3) is 0.240. The van der Waals surface area contributed by atoms with Crippen molar-refractivity contribution in [2.75, 3.05) is 21.3 Å². The maximum absolute atomic E-state index is 6.47. The van der Waals surface area contributed by atoms with Crippen molar-refractivity contribution in [1.29, 1.82) is 0 Å². The highest BCUT2D eigenvalue weighted by Gasteiger charge is 2.42. The zero-order valence-corrected chi connectivity index (χ0v) is 18.8. The van der Waals surface area contributed by atoms with Gasteiger partial charge in [-0.05, 0) is 35.9 Å². The van der Waals surface area contributed by atoms with E-state index in [0.29, 0.717) is 22.3 Å². The van der Waals surface area contributed by atoms with Crippen molar-refractivity contribution in [1.82, 2.24) is 5.01 Å². The number of fused-ring (bicyclic) bond motifs is 3. The second-order valence-corrected chi connectivity index (χ2v) is 8.02. The lowest BCUT2D eigenvalue weighted by atomic mass is 9.96. The summed E-state index contributed by atoms with van der Waals surface area (Å²) in [6.45, 7) is 0. The summed E-state index contributed by atoms with van der Waals surface area (Å²) >= 11 is 6.09. The number of rotatable bonds is 5. The van der Waals surface area contributed by atoms with Gasteiger partial charge >= 0.3 is 0 Å². The minimum Gasteiger partial charge on any atom is -0.493 e. The molecule has 2 heterocycles. The van der Waals surface area contributed by atoms with E-state index in [9.17, 15) is 0 Å². The molecule has 0 aliphatic carbocycles. The van der Waals surface area contributed by atoms with Crippen molar-refractivity contribution in [3.8, 4) is 23.0 Å². The van der Waals surface area contributed by atoms with Gasteiger partial charge in [0.25, 0.3) is 0 Å². The number of ether oxygens (including phenoxy) is 4. The molecular weight excluding hydrogens is 428 g/mol. The molecule has 0 saturated carbocycles. The van der Waals surface area contributed by atoms with Gasteiger partial charge in [0, 0.05) is 17.0 Å². The maximum Gasteiger partial charge on any atom is 0.217 e. The minimum absolute atomic E-state index is 0.0356. The Kier molecular flexibility index (Phi) is 5.31. The summed E-state index contributed by atoms with van der Waals surface area (Å²) < 4.78 is 23.3. The molecule has 2 aliphatic rings. The zero-order chi connectivity index (χ0) is 22.2. The van der Waals surface area contributed by atoms with Crippen molar-refractivity contribution in [3.05, 3.63) is 82.4 Å². The number of benzene rings is 3. The van der Waals surface area contributed by atoms with Crippen LogP contribution in [-0.4, -0.2) is 32.0 Å². The lowest BCUT2D eigenvalue weighted by molar-refractivity contribution is -0.0205. The minimum atomic E-state index is -0.491. The highest BCUT2D eigenvalue weighted by Crippen LogP contribution is 2.51. The van der Waals surface area contributed by atoms with Gasteiger partial charge in [0.2, 0.25) is 12.0 Å². The Balaban J connectivity index is 1.63. The molecule has 0 radical (unpaired) electrons. The summed E-state index contributed by atoms with van der Waals surface area (Å²) in [4.78, 5) is 0. The number of hydrogen-bond acceptors (Lipinski definition) is 6. The first-order valence-electron chi connectivity index (χ1n) is 10.3. The van der Waals surface area contributed by atoms with Crippen LogP contribution in [0.4, 0.5) is 0 Å². The van der Waals surface area contributed by atoms with Crippen molar-refractivity contribution in [2.45, 2.75) is 18.7 Å². The Morgan fingerprint density at radius 3 is 2.34 bits per heavy atom. The summed E-state index contributed by atoms with van der Waals surface area (Å²) in [5.74, 6) is 2.51. The predicted octanol–water partition coefficient (Wildman–Crippen LogP) is 5.61. The van der Waals surface area contributed by atoms with Crippen LogP contribution in [0.1, 0.15) is 35.4 Å². The maximum atomic E-state index is 6.47. The van der Waals surface area contributed by atoms with Crippen LogP contribution in [0.25, 0.3) is 0 Å². The fourth-order valence-corrected chi connectivity index (χ4v) is 4.50. The number of nitrogens with zero attached hydrogens (tertiary/aromatic N) is 2. The van der Waals surface area contributed by atoms with Crippen LogP contribution in [0.5, 0.6) is 23.0 Å². The molecule has 0 saturated heterocycles. The Morgan fingerprint density at radius 1 is 0.875 bits per heavy atom. The molecule has 0 spiro atoms. The van der Waals surface area contributed by atoms with Crippen LogP contribution in [0.3, 0.4) is 0 Å². The lowest BCUT2D eigenvalue weighted by Gasteiger charge is -2.38. The van der Waals surface area contributed by atoms with E-state index in [2.05, 4.69) is 6.07 Å². The molecule has 164 valence electrons. The third-order valence-electron chi connectivity index (χ3n) is 5.88. The molecule has 5 rings (SSSR count). The topological polar surface area (TPSA) is 52.5 Å². The third kappa shape index (κ3) is 3.31. The lowest BCUT2D eigenvalue weighted by Crippen LogP contribution is -2.34. The molecule has 0 bridgehead atoms. The van der Waals surface area contributed by atoms with E-state index in [1.807, 2.05) is 59.6 Å². The third-order valence-corrected chi connectivity index (χ3v) is 6.13. The van der Waals surface area contributed by atoms with E-state index in [-0.39, 0.29) is 6.04 Å². The molecule has 7 heteroatoms. The number of halogens is 1. The van der Waals surface area contributed by atoms with Gasteiger partial charge in [-0.1, -0.05) is 41.9 Å². The number of hydrogen-bond donors (Lipinski definition) is 0. The summed E-state index contributed by atoms with van der Waals surface area (Å²) in [5.41, 5.74) is 3.94. The average Bonchev–Trinajstić information content (AvgIpc) is 3.28. The second-order valence-electron chi connectivity index (χ2n) is 7.59. The molecule has 0 N–H and O–H groups in total. The van der Waals surface area contributed by atoms with Gasteiger partial charge in [-0.25, -0.2) is 5.01 Å². The standard InChI is InChI=1S/C25H23ClN2O4/c1-29-22-13-12-18(23(30-2)24(22)31-3)25-28-20(17-6-4-5-7-21(17)32-25)14-19(27-28)15-8-10-16(26)11-9-15/h4-13,20,25H,14H2,1-3H3. The first-order chi connectivity index (χ1) is 15.6. The van der Waals surface area contributed by atoms with Gasteiger partial charge < -0.3 is 18.9 Å². The molecule has 3 aromatic rings. The van der Waals surface area contributed by atoms with Crippen LogP contribution in [0.2, 0.25) is 5.02 Å². The van der Waals surface area contributed by atoms with Crippen LogP contribution in [0, 0.1) is 0 Å². The van der Waals surface area contributed by atoms with E-state index in [1.54, 1.807) is 21.3 Å². The monoisotopic (exact) mass is 450 g/mol. The molecule has 2 aliphatic heterocycles. The SMILES string of the molecule is COc1ccc(C2Oc3ccccc3C3CC(c4ccc(Cl)cc4)=NN32)c(OC)c1OC. The van der Waals surface area contributed by atoms with E-state index >= 15 is 0 Å². The quantitative estimate of drug-likeness (QED) is 0.505. The number of hydrazone groups is 1. The van der Waals surface area contributed by atoms with E-state index < -0.39 is 6.23 Å². The summed E-state index contributed by atoms with van der Waals surface area (Å²) in [5, 5.41) is 7.71. The van der Waals surface area contributed by atoms with Crippen LogP contribution in [-0.2, 0) is 0 Å². The molecule has 6 nitrogen and oxygen atoms in total. The molecule has 0 fully saturated rings. The van der Waals surface area contributed by atoms with Gasteiger partial charge in [-0.3, -0.25) is 0 Å². The predicted molar refractivity (Wildman–Crippen MR) is 123 cm³/mol. The Morgan fingerprint density at radius 2 is 1.62 bits per heavy atom. The van der Waals surface area contributed by atoms with E-state index in [0.717, 1.165) is 34.6 Å². The first kappa shape index (κ1) is 20.5. The highest BCUT2D eigenvalue weighted by atomic mass is 35.5. The normalized spacial score (nSPS) is 18.9. The van der Waals surface area contributed by atoms with Gasteiger partial charge in [0.15, 0.2) is 11.5 Å². The molecular formula is C25H23ClN2O4. The van der Waals surface area contributed by atoms with Gasteiger partial charge in [-0.15, -0.1) is 0 Å². The summed E-state index contributed by atoms with van der Waals surface area (Å²) in [6.07, 6.45) is 0.267. The van der Waals surface area contributed by atoms with Crippen LogP contribution in [0.15, 0.2) is 65.8 Å². The summed E-state index contributed by atoms with van der Waals surface area (Å²) in [6, 6.07) is 19.7. The molecule has 2 atom stereocenters. The van der Waals surface area contributed by atoms with Gasteiger partial charge in [0.1, 0.15) is 5.75 Å². The fourth-order valence-electron chi connectivity index (χ4n) is 4.38. The molecule has 32 heavy (non-hydrogen) atoms. The molecule has 2 unspecified atom stereocenters. The van der Waals surface area contributed by atoms with Crippen molar-refractivity contribution < 1.29 is 18.9 Å².